The van der Waals surface area contributed by atoms with Gasteiger partial charge in [-0.2, -0.15) is 5.10 Å². The monoisotopic (exact) mass is 343 g/mol. The van der Waals surface area contributed by atoms with Gasteiger partial charge in [-0.25, -0.2) is 0 Å². The van der Waals surface area contributed by atoms with Crippen molar-refractivity contribution in [1.29, 1.82) is 0 Å². The van der Waals surface area contributed by atoms with Gasteiger partial charge in [0.2, 0.25) is 0 Å². The fourth-order valence-corrected chi connectivity index (χ4v) is 3.10. The average Bonchev–Trinajstić information content (AvgIpc) is 2.64. The third-order valence-electron chi connectivity index (χ3n) is 4.43. The van der Waals surface area contributed by atoms with Crippen LogP contribution in [0.25, 0.3) is 0 Å². The number of morpholine rings is 1. The predicted octanol–water partition coefficient (Wildman–Crippen LogP) is 1.81. The summed E-state index contributed by atoms with van der Waals surface area (Å²) in [6.45, 7) is 8.07. The Hall–Kier alpha value is -2.25. The number of hydrogen-bond acceptors (Lipinski definition) is 7. The van der Waals surface area contributed by atoms with Crippen molar-refractivity contribution in [2.45, 2.75) is 26.5 Å². The van der Waals surface area contributed by atoms with E-state index in [1.54, 1.807) is 13.3 Å². The molecule has 2 aromatic heterocycles. The molecule has 0 aliphatic carbocycles. The standard InChI is InChI=1S/C18H25N5O2/c1-13-9-19-16(14(2)18(13)24-3)12-23-7-8-25-15(11-23)10-20-17-5-4-6-21-22-17/h4-6,9,15H,7-8,10-12H2,1-3H3,(H,20,22)/t15-/m0/s1. The third kappa shape index (κ3) is 4.43. The quantitative estimate of drug-likeness (QED) is 0.857. The molecule has 0 amide bonds. The minimum Gasteiger partial charge on any atom is -0.496 e. The lowest BCUT2D eigenvalue weighted by Gasteiger charge is -2.33. The summed E-state index contributed by atoms with van der Waals surface area (Å²) < 4.78 is 11.4. The molecule has 3 rings (SSSR count). The molecule has 7 heteroatoms. The molecule has 1 atom stereocenters. The Morgan fingerprint density at radius 3 is 3.04 bits per heavy atom. The van der Waals surface area contributed by atoms with E-state index in [0.29, 0.717) is 6.54 Å². The first-order valence-electron chi connectivity index (χ1n) is 8.52. The zero-order valence-electron chi connectivity index (χ0n) is 15.0. The van der Waals surface area contributed by atoms with E-state index in [2.05, 4.69) is 32.3 Å². The molecule has 0 spiro atoms. The minimum atomic E-state index is 0.114. The number of aromatic nitrogens is 3. The van der Waals surface area contributed by atoms with Crippen LogP contribution >= 0.6 is 0 Å². The molecular weight excluding hydrogens is 318 g/mol. The normalized spacial score (nSPS) is 18.1. The molecule has 134 valence electrons. The zero-order valence-corrected chi connectivity index (χ0v) is 15.0. The molecule has 1 fully saturated rings. The van der Waals surface area contributed by atoms with Crippen LogP contribution in [0, 0.1) is 13.8 Å². The first-order valence-corrected chi connectivity index (χ1v) is 8.52. The van der Waals surface area contributed by atoms with Crippen molar-refractivity contribution >= 4 is 5.82 Å². The summed E-state index contributed by atoms with van der Waals surface area (Å²) in [5.74, 6) is 1.70. The van der Waals surface area contributed by atoms with Crippen molar-refractivity contribution in [2.75, 3.05) is 38.7 Å². The average molecular weight is 343 g/mol. The minimum absolute atomic E-state index is 0.114. The van der Waals surface area contributed by atoms with Crippen LogP contribution in [0.2, 0.25) is 0 Å². The van der Waals surface area contributed by atoms with Crippen molar-refractivity contribution in [3.8, 4) is 5.75 Å². The highest BCUT2D eigenvalue weighted by Crippen LogP contribution is 2.25. The van der Waals surface area contributed by atoms with Gasteiger partial charge in [0.1, 0.15) is 11.6 Å². The number of rotatable bonds is 6. The number of aryl methyl sites for hydroxylation is 1. The maximum atomic E-state index is 5.86. The van der Waals surface area contributed by atoms with E-state index in [9.17, 15) is 0 Å². The molecule has 1 aliphatic heterocycles. The Morgan fingerprint density at radius 1 is 1.40 bits per heavy atom. The van der Waals surface area contributed by atoms with Crippen LogP contribution in [-0.4, -0.2) is 59.5 Å². The molecule has 25 heavy (non-hydrogen) atoms. The Labute approximate surface area is 148 Å². The maximum Gasteiger partial charge on any atom is 0.148 e. The number of anilines is 1. The molecule has 0 aromatic carbocycles. The van der Waals surface area contributed by atoms with Crippen molar-refractivity contribution in [3.63, 3.8) is 0 Å². The van der Waals surface area contributed by atoms with Crippen LogP contribution in [0.4, 0.5) is 5.82 Å². The van der Waals surface area contributed by atoms with Crippen molar-refractivity contribution in [3.05, 3.63) is 41.3 Å². The summed E-state index contributed by atoms with van der Waals surface area (Å²) >= 11 is 0. The van der Waals surface area contributed by atoms with E-state index < -0.39 is 0 Å². The van der Waals surface area contributed by atoms with Crippen LogP contribution < -0.4 is 10.1 Å². The summed E-state index contributed by atoms with van der Waals surface area (Å²) in [5, 5.41) is 11.2. The molecule has 2 aromatic rings. The highest BCUT2D eigenvalue weighted by molar-refractivity contribution is 5.41. The van der Waals surface area contributed by atoms with E-state index in [4.69, 9.17) is 9.47 Å². The van der Waals surface area contributed by atoms with E-state index in [0.717, 1.165) is 54.6 Å². The Kier molecular flexibility index (Phi) is 5.78. The molecule has 0 unspecified atom stereocenters. The summed E-state index contributed by atoms with van der Waals surface area (Å²) in [7, 11) is 1.71. The van der Waals surface area contributed by atoms with Gasteiger partial charge in [-0.1, -0.05) is 0 Å². The summed E-state index contributed by atoms with van der Waals surface area (Å²) in [6, 6.07) is 3.77. The molecule has 1 aliphatic rings. The van der Waals surface area contributed by atoms with Crippen LogP contribution in [0.15, 0.2) is 24.5 Å². The highest BCUT2D eigenvalue weighted by atomic mass is 16.5. The van der Waals surface area contributed by atoms with Gasteiger partial charge >= 0.3 is 0 Å². The molecular formula is C18H25N5O2. The van der Waals surface area contributed by atoms with Gasteiger partial charge < -0.3 is 14.8 Å². The maximum absolute atomic E-state index is 5.86. The Balaban J connectivity index is 1.58. The second-order valence-corrected chi connectivity index (χ2v) is 6.26. The van der Waals surface area contributed by atoms with E-state index >= 15 is 0 Å². The number of nitrogens with one attached hydrogen (secondary N) is 1. The fourth-order valence-electron chi connectivity index (χ4n) is 3.10. The number of nitrogens with zero attached hydrogens (tertiary/aromatic N) is 4. The SMILES string of the molecule is COc1c(C)cnc(CN2CCO[C@@H](CNc3cccnn3)C2)c1C. The second-order valence-electron chi connectivity index (χ2n) is 6.26. The largest absolute Gasteiger partial charge is 0.496 e. The van der Waals surface area contributed by atoms with Crippen LogP contribution in [0.3, 0.4) is 0 Å². The predicted molar refractivity (Wildman–Crippen MR) is 95.8 cm³/mol. The molecule has 1 saturated heterocycles. The van der Waals surface area contributed by atoms with E-state index in [1.807, 2.05) is 25.3 Å². The van der Waals surface area contributed by atoms with Crippen LogP contribution in [-0.2, 0) is 11.3 Å². The summed E-state index contributed by atoms with van der Waals surface area (Å²) in [4.78, 5) is 6.97. The van der Waals surface area contributed by atoms with Crippen LogP contribution in [0.1, 0.15) is 16.8 Å². The number of ether oxygens (including phenoxy) is 2. The van der Waals surface area contributed by atoms with Gasteiger partial charge in [-0.05, 0) is 26.0 Å². The Morgan fingerprint density at radius 2 is 2.28 bits per heavy atom. The molecule has 7 nitrogen and oxygen atoms in total. The summed E-state index contributed by atoms with van der Waals surface area (Å²) in [6.07, 6.45) is 3.66. The lowest BCUT2D eigenvalue weighted by atomic mass is 10.1. The first kappa shape index (κ1) is 17.6. The van der Waals surface area contributed by atoms with Crippen molar-refractivity contribution < 1.29 is 9.47 Å². The lowest BCUT2D eigenvalue weighted by molar-refractivity contribution is -0.0245. The van der Waals surface area contributed by atoms with E-state index in [-0.39, 0.29) is 6.10 Å². The van der Waals surface area contributed by atoms with Gasteiger partial charge in [0.05, 0.1) is 25.5 Å². The highest BCUT2D eigenvalue weighted by Gasteiger charge is 2.22. The molecule has 0 radical (unpaired) electrons. The second kappa shape index (κ2) is 8.22. The lowest BCUT2D eigenvalue weighted by Crippen LogP contribution is -2.45. The van der Waals surface area contributed by atoms with Gasteiger partial charge in [-0.3, -0.25) is 9.88 Å². The van der Waals surface area contributed by atoms with Crippen molar-refractivity contribution in [2.24, 2.45) is 0 Å². The zero-order chi connectivity index (χ0) is 17.6. The molecule has 1 N–H and O–H groups in total. The van der Waals surface area contributed by atoms with E-state index in [1.165, 1.54) is 0 Å². The topological polar surface area (TPSA) is 72.4 Å². The number of methoxy groups -OCH3 is 1. The van der Waals surface area contributed by atoms with Gasteiger partial charge in [0.25, 0.3) is 0 Å². The fraction of sp³-hybridized carbons (Fsp3) is 0.500. The molecule has 0 bridgehead atoms. The van der Waals surface area contributed by atoms with Gasteiger partial charge in [0.15, 0.2) is 0 Å². The summed E-state index contributed by atoms with van der Waals surface area (Å²) in [5.41, 5.74) is 3.24. The third-order valence-corrected chi connectivity index (χ3v) is 4.43. The number of pyridine rings is 1. The smallest absolute Gasteiger partial charge is 0.148 e. The number of hydrogen-bond donors (Lipinski definition) is 1. The van der Waals surface area contributed by atoms with Crippen molar-refractivity contribution in [1.82, 2.24) is 20.1 Å². The van der Waals surface area contributed by atoms with Gasteiger partial charge in [-0.15, -0.1) is 5.10 Å². The Bertz CT molecular complexity index is 695. The molecule has 3 heterocycles. The molecule has 0 saturated carbocycles. The first-order chi connectivity index (χ1) is 12.2. The van der Waals surface area contributed by atoms with Crippen LogP contribution in [0.5, 0.6) is 5.75 Å². The van der Waals surface area contributed by atoms with Gasteiger partial charge in [0, 0.05) is 49.7 Å².